The second kappa shape index (κ2) is 7.88. The van der Waals surface area contributed by atoms with Crippen molar-refractivity contribution in [1.82, 2.24) is 10.5 Å². The lowest BCUT2D eigenvalue weighted by atomic mass is 9.98. The van der Waals surface area contributed by atoms with Gasteiger partial charge in [-0.2, -0.15) is 0 Å². The Morgan fingerprint density at radius 2 is 1.58 bits per heavy atom. The Bertz CT molecular complexity index is 831. The summed E-state index contributed by atoms with van der Waals surface area (Å²) in [7, 11) is 0. The second-order valence-electron chi connectivity index (χ2n) is 5.79. The third-order valence-corrected chi connectivity index (χ3v) is 3.77. The van der Waals surface area contributed by atoms with E-state index < -0.39 is 6.04 Å². The van der Waals surface area contributed by atoms with E-state index in [4.69, 9.17) is 4.52 Å². The van der Waals surface area contributed by atoms with E-state index in [0.29, 0.717) is 11.6 Å². The SMILES string of the molecule is Cc1cc(NC(=O)CNC(c2ccc(F)cc2)c2ccc(F)cc2)no1. The van der Waals surface area contributed by atoms with Gasteiger partial charge in [0.15, 0.2) is 5.82 Å². The molecule has 0 radical (unpaired) electrons. The smallest absolute Gasteiger partial charge is 0.239 e. The van der Waals surface area contributed by atoms with Crippen LogP contribution in [0.15, 0.2) is 59.1 Å². The van der Waals surface area contributed by atoms with Crippen LogP contribution in [0.25, 0.3) is 0 Å². The van der Waals surface area contributed by atoms with Crippen molar-refractivity contribution in [3.8, 4) is 0 Å². The number of rotatable bonds is 6. The van der Waals surface area contributed by atoms with Gasteiger partial charge in [-0.15, -0.1) is 0 Å². The molecule has 0 spiro atoms. The number of hydrogen-bond acceptors (Lipinski definition) is 4. The van der Waals surface area contributed by atoms with E-state index in [1.807, 2.05) is 0 Å². The summed E-state index contributed by atoms with van der Waals surface area (Å²) in [6.07, 6.45) is 0. The number of anilines is 1. The molecule has 3 aromatic rings. The Morgan fingerprint density at radius 3 is 2.04 bits per heavy atom. The minimum absolute atomic E-state index is 0.0225. The van der Waals surface area contributed by atoms with E-state index in [1.165, 1.54) is 24.3 Å². The van der Waals surface area contributed by atoms with Crippen molar-refractivity contribution in [3.05, 3.63) is 83.1 Å². The van der Waals surface area contributed by atoms with E-state index in [0.717, 1.165) is 11.1 Å². The Morgan fingerprint density at radius 1 is 1.04 bits per heavy atom. The van der Waals surface area contributed by atoms with Crippen LogP contribution in [-0.2, 0) is 4.79 Å². The number of aryl methyl sites for hydroxylation is 1. The van der Waals surface area contributed by atoms with E-state index in [-0.39, 0.29) is 24.1 Å². The van der Waals surface area contributed by atoms with Crippen molar-refractivity contribution in [3.63, 3.8) is 0 Å². The molecule has 134 valence electrons. The normalized spacial score (nSPS) is 10.9. The van der Waals surface area contributed by atoms with Gasteiger partial charge < -0.3 is 9.84 Å². The molecule has 5 nitrogen and oxygen atoms in total. The molecular formula is C19H17F2N3O2. The minimum Gasteiger partial charge on any atom is -0.360 e. The molecule has 0 aliphatic heterocycles. The summed E-state index contributed by atoms with van der Waals surface area (Å²) in [5.41, 5.74) is 1.51. The van der Waals surface area contributed by atoms with Crippen LogP contribution in [0, 0.1) is 18.6 Å². The number of carbonyl (C=O) groups excluding carboxylic acids is 1. The van der Waals surface area contributed by atoms with Crippen molar-refractivity contribution in [1.29, 1.82) is 0 Å². The number of carbonyl (C=O) groups is 1. The zero-order valence-electron chi connectivity index (χ0n) is 14.0. The summed E-state index contributed by atoms with van der Waals surface area (Å²) >= 11 is 0. The Kier molecular flexibility index (Phi) is 5.38. The Balaban J connectivity index is 1.74. The molecule has 1 aromatic heterocycles. The number of hydrogen-bond donors (Lipinski definition) is 2. The summed E-state index contributed by atoms with van der Waals surface area (Å²) < 4.78 is 31.3. The number of benzene rings is 2. The first-order valence-corrected chi connectivity index (χ1v) is 7.99. The van der Waals surface area contributed by atoms with Crippen molar-refractivity contribution in [2.75, 3.05) is 11.9 Å². The standard InChI is InChI=1S/C19H17F2N3O2/c1-12-10-17(24-26-12)23-18(25)11-22-19(13-2-6-15(20)7-3-13)14-4-8-16(21)9-5-14/h2-10,19,22H,11H2,1H3,(H,23,24,25). The molecule has 1 heterocycles. The maximum absolute atomic E-state index is 13.2. The molecule has 7 heteroatoms. The van der Waals surface area contributed by atoms with Gasteiger partial charge in [-0.05, 0) is 42.3 Å². The van der Waals surface area contributed by atoms with Gasteiger partial charge in [-0.1, -0.05) is 29.4 Å². The first-order valence-electron chi connectivity index (χ1n) is 7.99. The fourth-order valence-electron chi connectivity index (χ4n) is 2.55. The molecular weight excluding hydrogens is 340 g/mol. The van der Waals surface area contributed by atoms with Crippen molar-refractivity contribution < 1.29 is 18.1 Å². The maximum atomic E-state index is 13.2. The van der Waals surface area contributed by atoms with Gasteiger partial charge in [0.25, 0.3) is 0 Å². The van der Waals surface area contributed by atoms with Crippen LogP contribution < -0.4 is 10.6 Å². The van der Waals surface area contributed by atoms with Crippen LogP contribution >= 0.6 is 0 Å². The summed E-state index contributed by atoms with van der Waals surface area (Å²) in [6, 6.07) is 13.0. The number of nitrogens with one attached hydrogen (secondary N) is 2. The van der Waals surface area contributed by atoms with Crippen molar-refractivity contribution in [2.45, 2.75) is 13.0 Å². The number of halogens is 2. The lowest BCUT2D eigenvalue weighted by Gasteiger charge is -2.19. The predicted octanol–water partition coefficient (Wildman–Crippen LogP) is 3.58. The van der Waals surface area contributed by atoms with E-state index >= 15 is 0 Å². The summed E-state index contributed by atoms with van der Waals surface area (Å²) in [5, 5.41) is 9.42. The van der Waals surface area contributed by atoms with Gasteiger partial charge in [-0.3, -0.25) is 10.1 Å². The zero-order chi connectivity index (χ0) is 18.5. The monoisotopic (exact) mass is 357 g/mol. The highest BCUT2D eigenvalue weighted by molar-refractivity contribution is 5.91. The average molecular weight is 357 g/mol. The molecule has 0 aliphatic rings. The molecule has 0 unspecified atom stereocenters. The van der Waals surface area contributed by atoms with Crippen LogP contribution in [0.2, 0.25) is 0 Å². The Hall–Kier alpha value is -3.06. The lowest BCUT2D eigenvalue weighted by Crippen LogP contribution is -2.32. The largest absolute Gasteiger partial charge is 0.360 e. The topological polar surface area (TPSA) is 67.2 Å². The van der Waals surface area contributed by atoms with Crippen LogP contribution in [0.3, 0.4) is 0 Å². The molecule has 3 rings (SSSR count). The van der Waals surface area contributed by atoms with Gasteiger partial charge in [0.1, 0.15) is 17.4 Å². The molecule has 0 fully saturated rings. The zero-order valence-corrected chi connectivity index (χ0v) is 14.0. The van der Waals surface area contributed by atoms with Crippen LogP contribution in [0.4, 0.5) is 14.6 Å². The van der Waals surface area contributed by atoms with Crippen molar-refractivity contribution in [2.24, 2.45) is 0 Å². The molecule has 0 atom stereocenters. The van der Waals surface area contributed by atoms with Crippen LogP contribution in [0.1, 0.15) is 22.9 Å². The molecule has 2 N–H and O–H groups in total. The average Bonchev–Trinajstić information content (AvgIpc) is 3.03. The number of aromatic nitrogens is 1. The molecule has 0 aliphatic carbocycles. The molecule has 0 bridgehead atoms. The molecule has 1 amide bonds. The van der Waals surface area contributed by atoms with E-state index in [9.17, 15) is 13.6 Å². The highest BCUT2D eigenvalue weighted by Crippen LogP contribution is 2.22. The third-order valence-electron chi connectivity index (χ3n) is 3.77. The fourth-order valence-corrected chi connectivity index (χ4v) is 2.55. The molecule has 0 saturated heterocycles. The molecule has 0 saturated carbocycles. The molecule has 2 aromatic carbocycles. The minimum atomic E-state index is -0.402. The predicted molar refractivity (Wildman–Crippen MR) is 92.5 cm³/mol. The lowest BCUT2D eigenvalue weighted by molar-refractivity contribution is -0.115. The van der Waals surface area contributed by atoms with Crippen LogP contribution in [0.5, 0.6) is 0 Å². The summed E-state index contributed by atoms with van der Waals surface area (Å²) in [4.78, 5) is 12.1. The third kappa shape index (κ3) is 4.52. The number of amides is 1. The first-order chi connectivity index (χ1) is 12.5. The number of nitrogens with zero attached hydrogens (tertiary/aromatic N) is 1. The first kappa shape index (κ1) is 17.8. The fraction of sp³-hybridized carbons (Fsp3) is 0.158. The van der Waals surface area contributed by atoms with Gasteiger partial charge in [0, 0.05) is 6.07 Å². The second-order valence-corrected chi connectivity index (χ2v) is 5.79. The van der Waals surface area contributed by atoms with Gasteiger partial charge in [0.2, 0.25) is 5.91 Å². The van der Waals surface area contributed by atoms with Crippen molar-refractivity contribution >= 4 is 11.7 Å². The van der Waals surface area contributed by atoms with Gasteiger partial charge in [-0.25, -0.2) is 8.78 Å². The maximum Gasteiger partial charge on any atom is 0.239 e. The highest BCUT2D eigenvalue weighted by atomic mass is 19.1. The van der Waals surface area contributed by atoms with E-state index in [1.54, 1.807) is 37.3 Å². The van der Waals surface area contributed by atoms with Gasteiger partial charge >= 0.3 is 0 Å². The Labute approximate surface area is 149 Å². The highest BCUT2D eigenvalue weighted by Gasteiger charge is 2.16. The quantitative estimate of drug-likeness (QED) is 0.708. The summed E-state index contributed by atoms with van der Waals surface area (Å²) in [6.45, 7) is 1.70. The molecule has 26 heavy (non-hydrogen) atoms. The van der Waals surface area contributed by atoms with E-state index in [2.05, 4.69) is 15.8 Å². The summed E-state index contributed by atoms with van der Waals surface area (Å²) in [5.74, 6) is -0.109. The van der Waals surface area contributed by atoms with Gasteiger partial charge in [0.05, 0.1) is 12.6 Å². The van der Waals surface area contributed by atoms with Crippen LogP contribution in [-0.4, -0.2) is 17.6 Å².